The maximum Gasteiger partial charge on any atom is 0.387 e. The van der Waals surface area contributed by atoms with E-state index >= 15 is 0 Å². The van der Waals surface area contributed by atoms with E-state index < -0.39 is 18.0 Å². The summed E-state index contributed by atoms with van der Waals surface area (Å²) in [5.41, 5.74) is 0.760. The van der Waals surface area contributed by atoms with Crippen LogP contribution in [0.4, 0.5) is 13.6 Å². The van der Waals surface area contributed by atoms with Crippen LogP contribution in [0.25, 0.3) is 0 Å². The highest BCUT2D eigenvalue weighted by molar-refractivity contribution is 8.13. The Balaban J connectivity index is 1.66. The average molecular weight is 616 g/mol. The molecule has 13 heteroatoms. The molecule has 0 spiro atoms. The summed E-state index contributed by atoms with van der Waals surface area (Å²) in [7, 11) is 2.96. The summed E-state index contributed by atoms with van der Waals surface area (Å²) in [6.07, 6.45) is 3.19. The molecule has 0 saturated heterocycles. The van der Waals surface area contributed by atoms with Crippen LogP contribution in [-0.2, 0) is 11.2 Å². The van der Waals surface area contributed by atoms with Crippen LogP contribution in [0.5, 0.6) is 23.0 Å². The van der Waals surface area contributed by atoms with Crippen LogP contribution in [0.3, 0.4) is 0 Å². The Kier molecular flexibility index (Phi) is 10.0. The molecule has 40 heavy (non-hydrogen) atoms. The summed E-state index contributed by atoms with van der Waals surface area (Å²) in [6.45, 7) is -2.73. The average Bonchev–Trinajstić information content (AvgIpc) is 3.73. The Morgan fingerprint density at radius 2 is 1.75 bits per heavy atom. The maximum atomic E-state index is 13.2. The van der Waals surface area contributed by atoms with Crippen molar-refractivity contribution >= 4 is 40.3 Å². The van der Waals surface area contributed by atoms with Crippen LogP contribution in [-0.4, -0.2) is 32.7 Å². The highest BCUT2D eigenvalue weighted by Crippen LogP contribution is 2.40. The quantitative estimate of drug-likeness (QED) is 0.0911. The fraction of sp³-hybridized carbons (Fsp3) is 0.333. The number of thioether (sulfide) groups is 1. The van der Waals surface area contributed by atoms with Gasteiger partial charge in [0.1, 0.15) is 27.6 Å². The SMILES string of the molecule is COc1ccc(OC)c(SC(=O)O[C@@H](Cc2c(Cl)c[n+]([O-])cc2Cl)c2ccc(OC(F)F)c(OCC3CC3)c2)c1. The fourth-order valence-electron chi connectivity index (χ4n) is 3.76. The van der Waals surface area contributed by atoms with Gasteiger partial charge >= 0.3 is 11.9 Å². The first kappa shape index (κ1) is 29.8. The van der Waals surface area contributed by atoms with Gasteiger partial charge in [0.2, 0.25) is 0 Å². The minimum atomic E-state index is -3.06. The molecule has 214 valence electrons. The van der Waals surface area contributed by atoms with Gasteiger partial charge in [-0.3, -0.25) is 0 Å². The van der Waals surface area contributed by atoms with Crippen molar-refractivity contribution in [3.05, 3.63) is 75.2 Å². The van der Waals surface area contributed by atoms with E-state index in [0.29, 0.717) is 44.8 Å². The second-order valence-corrected chi connectivity index (χ2v) is 10.6. The lowest BCUT2D eigenvalue weighted by atomic mass is 10.0. The largest absolute Gasteiger partial charge is 0.619 e. The molecule has 1 fully saturated rings. The van der Waals surface area contributed by atoms with Gasteiger partial charge in [-0.2, -0.15) is 13.5 Å². The Morgan fingerprint density at radius 3 is 2.38 bits per heavy atom. The fourth-order valence-corrected chi connectivity index (χ4v) is 5.13. The first-order chi connectivity index (χ1) is 19.2. The molecule has 8 nitrogen and oxygen atoms in total. The van der Waals surface area contributed by atoms with Gasteiger partial charge < -0.3 is 28.9 Å². The second-order valence-electron chi connectivity index (χ2n) is 8.81. The van der Waals surface area contributed by atoms with Gasteiger partial charge in [0.15, 0.2) is 23.9 Å². The molecule has 0 amide bonds. The molecule has 1 aliphatic carbocycles. The van der Waals surface area contributed by atoms with Crippen molar-refractivity contribution in [2.24, 2.45) is 5.92 Å². The number of rotatable bonds is 12. The van der Waals surface area contributed by atoms with Crippen LogP contribution >= 0.6 is 35.0 Å². The number of carbonyl (C=O) groups excluding carboxylic acids is 1. The summed E-state index contributed by atoms with van der Waals surface area (Å²) in [4.78, 5) is 13.6. The molecule has 1 saturated carbocycles. The van der Waals surface area contributed by atoms with E-state index in [1.54, 1.807) is 18.2 Å². The van der Waals surface area contributed by atoms with Gasteiger partial charge in [-0.1, -0.05) is 29.3 Å². The lowest BCUT2D eigenvalue weighted by Crippen LogP contribution is -2.25. The lowest BCUT2D eigenvalue weighted by Gasteiger charge is -2.21. The minimum absolute atomic E-state index is 0.0306. The molecule has 4 rings (SSSR count). The summed E-state index contributed by atoms with van der Waals surface area (Å²) >= 11 is 13.4. The Morgan fingerprint density at radius 1 is 1.05 bits per heavy atom. The topological polar surface area (TPSA) is 90.2 Å². The van der Waals surface area contributed by atoms with Crippen LogP contribution < -0.4 is 23.7 Å². The molecule has 0 bridgehead atoms. The first-order valence-corrected chi connectivity index (χ1v) is 13.6. The first-order valence-electron chi connectivity index (χ1n) is 12.1. The number of pyridine rings is 1. The molecular formula is C27H25Cl2F2NO7S. The lowest BCUT2D eigenvalue weighted by molar-refractivity contribution is -0.605. The van der Waals surface area contributed by atoms with Crippen molar-refractivity contribution in [3.8, 4) is 23.0 Å². The number of benzene rings is 2. The van der Waals surface area contributed by atoms with E-state index in [9.17, 15) is 18.8 Å². The smallest absolute Gasteiger partial charge is 0.387 e. The maximum absolute atomic E-state index is 13.2. The van der Waals surface area contributed by atoms with E-state index in [1.807, 2.05) is 0 Å². The molecule has 1 aliphatic rings. The molecule has 0 N–H and O–H groups in total. The molecule has 2 aromatic carbocycles. The van der Waals surface area contributed by atoms with Crippen LogP contribution in [0.1, 0.15) is 30.1 Å². The number of halogens is 4. The van der Waals surface area contributed by atoms with Crippen molar-refractivity contribution in [3.63, 3.8) is 0 Å². The number of methoxy groups -OCH3 is 2. The zero-order valence-electron chi connectivity index (χ0n) is 21.4. The van der Waals surface area contributed by atoms with Crippen molar-refractivity contribution in [2.75, 3.05) is 20.8 Å². The van der Waals surface area contributed by atoms with Crippen molar-refractivity contribution in [1.82, 2.24) is 0 Å². The third-order valence-electron chi connectivity index (χ3n) is 5.98. The van der Waals surface area contributed by atoms with E-state index in [1.165, 1.54) is 32.4 Å². The summed E-state index contributed by atoms with van der Waals surface area (Å²) in [6, 6.07) is 9.24. The van der Waals surface area contributed by atoms with Crippen LogP contribution in [0.15, 0.2) is 53.7 Å². The predicted octanol–water partition coefficient (Wildman–Crippen LogP) is 7.25. The number of alkyl halides is 2. The van der Waals surface area contributed by atoms with E-state index in [4.69, 9.17) is 42.1 Å². The zero-order valence-corrected chi connectivity index (χ0v) is 23.7. The second kappa shape index (κ2) is 13.5. The monoisotopic (exact) mass is 615 g/mol. The number of aromatic nitrogens is 1. The molecule has 1 atom stereocenters. The number of carbonyl (C=O) groups is 1. The summed E-state index contributed by atoms with van der Waals surface area (Å²) in [5.74, 6) is 1.21. The summed E-state index contributed by atoms with van der Waals surface area (Å²) < 4.78 is 53.4. The normalized spacial score (nSPS) is 13.6. The highest BCUT2D eigenvalue weighted by atomic mass is 35.5. The number of hydrogen-bond acceptors (Lipinski definition) is 8. The Labute approximate surface area is 243 Å². The van der Waals surface area contributed by atoms with Crippen LogP contribution in [0, 0.1) is 11.1 Å². The van der Waals surface area contributed by atoms with Gasteiger partial charge in [0.25, 0.3) is 0 Å². The van der Waals surface area contributed by atoms with Gasteiger partial charge in [0.05, 0.1) is 25.7 Å². The molecule has 0 unspecified atom stereocenters. The molecule has 0 aliphatic heterocycles. The standard InChI is InChI=1S/C27H25Cl2F2NO7S/c1-35-17-6-8-22(36-2)25(10-17)40-27(33)39-23(11-18-19(28)12-32(34)13-20(18)29)16-5-7-21(38-26(30)31)24(9-16)37-14-15-3-4-15/h5-10,12-13,15,23,26H,3-4,11,14H2,1-2H3/t23-/m0/s1. The van der Waals surface area contributed by atoms with Gasteiger partial charge in [0, 0.05) is 12.0 Å². The predicted molar refractivity (Wildman–Crippen MR) is 145 cm³/mol. The molecule has 1 heterocycles. The third-order valence-corrected chi connectivity index (χ3v) is 7.43. The van der Waals surface area contributed by atoms with E-state index in [-0.39, 0.29) is 28.0 Å². The molecule has 0 radical (unpaired) electrons. The number of hydrogen-bond donors (Lipinski definition) is 0. The van der Waals surface area contributed by atoms with Crippen LogP contribution in [0.2, 0.25) is 10.0 Å². The molecule has 1 aromatic heterocycles. The summed E-state index contributed by atoms with van der Waals surface area (Å²) in [5, 5.41) is 11.2. The van der Waals surface area contributed by atoms with Crippen molar-refractivity contribution in [2.45, 2.75) is 36.9 Å². The molecule has 3 aromatic rings. The van der Waals surface area contributed by atoms with Gasteiger partial charge in [-0.15, -0.1) is 0 Å². The van der Waals surface area contributed by atoms with E-state index in [2.05, 4.69) is 4.74 Å². The minimum Gasteiger partial charge on any atom is -0.619 e. The Bertz CT molecular complexity index is 1340. The highest BCUT2D eigenvalue weighted by Gasteiger charge is 2.27. The number of ether oxygens (including phenoxy) is 5. The van der Waals surface area contributed by atoms with E-state index in [0.717, 1.165) is 37.0 Å². The van der Waals surface area contributed by atoms with Crippen molar-refractivity contribution in [1.29, 1.82) is 0 Å². The third kappa shape index (κ3) is 7.96. The molecular weight excluding hydrogens is 591 g/mol. The number of nitrogens with zero attached hydrogens (tertiary/aromatic N) is 1. The van der Waals surface area contributed by atoms with Crippen molar-refractivity contribution < 1.29 is 42.0 Å². The van der Waals surface area contributed by atoms with Gasteiger partial charge in [-0.05, 0) is 66.4 Å². The zero-order chi connectivity index (χ0) is 28.8. The van der Waals surface area contributed by atoms with Gasteiger partial charge in [-0.25, -0.2) is 4.79 Å². The Hall–Kier alpha value is -3.15.